The van der Waals surface area contributed by atoms with Crippen LogP contribution in [0.2, 0.25) is 0 Å². The minimum Gasteiger partial charge on any atom is -0.358 e. The summed E-state index contributed by atoms with van der Waals surface area (Å²) in [6, 6.07) is 9.78. The number of hydrogen-bond donors (Lipinski definition) is 2. The maximum Gasteiger partial charge on any atom is 0.416 e. The summed E-state index contributed by atoms with van der Waals surface area (Å²) in [4.78, 5) is 18.1. The lowest BCUT2D eigenvalue weighted by molar-refractivity contribution is -0.137. The quantitative estimate of drug-likeness (QED) is 0.410. The topological polar surface area (TPSA) is 54.0 Å². The molecule has 3 rings (SSSR count). The van der Waals surface area contributed by atoms with Crippen molar-refractivity contribution < 1.29 is 22.4 Å². The first-order chi connectivity index (χ1) is 15.6. The van der Waals surface area contributed by atoms with Crippen molar-refractivity contribution in [2.24, 2.45) is 0 Å². The molecule has 0 bridgehead atoms. The highest BCUT2D eigenvalue weighted by Crippen LogP contribution is 2.32. The first-order valence-electron chi connectivity index (χ1n) is 10.4. The van der Waals surface area contributed by atoms with Crippen LogP contribution in [0, 0.1) is 19.7 Å². The summed E-state index contributed by atoms with van der Waals surface area (Å²) in [7, 11) is 1.53. The fourth-order valence-corrected chi connectivity index (χ4v) is 4.68. The largest absolute Gasteiger partial charge is 0.416 e. The van der Waals surface area contributed by atoms with Crippen LogP contribution in [0.4, 0.5) is 17.6 Å². The average molecular weight is 480 g/mol. The van der Waals surface area contributed by atoms with Crippen LogP contribution in [-0.4, -0.2) is 17.9 Å². The highest BCUT2D eigenvalue weighted by atomic mass is 32.1. The molecule has 176 valence electrons. The number of amides is 1. The van der Waals surface area contributed by atoms with Crippen molar-refractivity contribution in [2.75, 3.05) is 7.05 Å². The van der Waals surface area contributed by atoms with Crippen LogP contribution in [0.15, 0.2) is 48.5 Å². The highest BCUT2D eigenvalue weighted by molar-refractivity contribution is 7.11. The van der Waals surface area contributed by atoms with Crippen molar-refractivity contribution in [3.8, 4) is 0 Å². The van der Waals surface area contributed by atoms with Crippen LogP contribution in [0.25, 0.3) is 0 Å². The Balaban J connectivity index is 1.86. The number of nitrogens with zero attached hydrogens (tertiary/aromatic N) is 1. The van der Waals surface area contributed by atoms with Gasteiger partial charge in [-0.1, -0.05) is 24.3 Å². The van der Waals surface area contributed by atoms with Crippen LogP contribution < -0.4 is 10.6 Å². The molecular weight excluding hydrogens is 454 g/mol. The van der Waals surface area contributed by atoms with E-state index >= 15 is 0 Å². The van der Waals surface area contributed by atoms with Crippen LogP contribution in [0.1, 0.15) is 50.8 Å². The zero-order chi connectivity index (χ0) is 24.2. The van der Waals surface area contributed by atoms with E-state index in [0.29, 0.717) is 18.4 Å². The summed E-state index contributed by atoms with van der Waals surface area (Å²) in [6.07, 6.45) is -3.35. The Morgan fingerprint density at radius 2 is 1.70 bits per heavy atom. The normalized spacial score (nSPS) is 13.5. The summed E-state index contributed by atoms with van der Waals surface area (Å²) >= 11 is 1.51. The van der Waals surface area contributed by atoms with Crippen molar-refractivity contribution in [3.05, 3.63) is 86.6 Å². The Morgan fingerprint density at radius 1 is 1.06 bits per heavy atom. The van der Waals surface area contributed by atoms with Gasteiger partial charge in [0.05, 0.1) is 16.3 Å². The van der Waals surface area contributed by atoms with Gasteiger partial charge in [0, 0.05) is 18.0 Å². The second kappa shape index (κ2) is 10.4. The maximum absolute atomic E-state index is 13.4. The number of thiazole rings is 1. The molecule has 1 amide bonds. The van der Waals surface area contributed by atoms with Crippen molar-refractivity contribution >= 4 is 17.2 Å². The van der Waals surface area contributed by atoms with Gasteiger partial charge >= 0.3 is 6.18 Å². The molecule has 1 aromatic heterocycles. The third kappa shape index (κ3) is 6.39. The second-order valence-corrected chi connectivity index (χ2v) is 8.97. The second-order valence-electron chi connectivity index (χ2n) is 7.73. The predicted octanol–water partition coefficient (Wildman–Crippen LogP) is 5.67. The van der Waals surface area contributed by atoms with Gasteiger partial charge < -0.3 is 5.32 Å². The number of aryl methyl sites for hydroxylation is 3. The zero-order valence-electron chi connectivity index (χ0n) is 18.5. The zero-order valence-corrected chi connectivity index (χ0v) is 19.3. The van der Waals surface area contributed by atoms with Crippen molar-refractivity contribution in [1.82, 2.24) is 15.6 Å². The molecule has 0 unspecified atom stereocenters. The van der Waals surface area contributed by atoms with E-state index in [2.05, 4.69) is 15.6 Å². The Kier molecular flexibility index (Phi) is 7.86. The number of carbonyl (C=O) groups is 1. The lowest BCUT2D eigenvalue weighted by Crippen LogP contribution is -2.38. The van der Waals surface area contributed by atoms with Gasteiger partial charge in [0.15, 0.2) is 0 Å². The molecule has 2 atom stereocenters. The monoisotopic (exact) mass is 479 g/mol. The smallest absolute Gasteiger partial charge is 0.358 e. The molecule has 0 fully saturated rings. The van der Waals surface area contributed by atoms with Crippen LogP contribution in [0.5, 0.6) is 0 Å². The van der Waals surface area contributed by atoms with E-state index in [1.165, 1.54) is 42.6 Å². The van der Waals surface area contributed by atoms with Gasteiger partial charge in [0.1, 0.15) is 11.9 Å². The van der Waals surface area contributed by atoms with Gasteiger partial charge in [-0.2, -0.15) is 13.2 Å². The molecule has 0 spiro atoms. The van der Waals surface area contributed by atoms with Gasteiger partial charge in [0.2, 0.25) is 5.91 Å². The molecule has 4 nitrogen and oxygen atoms in total. The Bertz CT molecular complexity index is 1080. The molecule has 0 aliphatic heterocycles. The van der Waals surface area contributed by atoms with Crippen molar-refractivity contribution in [1.29, 1.82) is 0 Å². The summed E-state index contributed by atoms with van der Waals surface area (Å²) < 4.78 is 52.0. The SMILES string of the molecule is CNC(=O)[C@@H](N[C@H](CCc1ccc(C(F)(F)F)cc1)c1sc(C)nc1C)c1ccc(F)cc1. The van der Waals surface area contributed by atoms with Crippen LogP contribution in [0.3, 0.4) is 0 Å². The van der Waals surface area contributed by atoms with Crippen LogP contribution in [-0.2, 0) is 17.4 Å². The lowest BCUT2D eigenvalue weighted by atomic mass is 9.99. The third-order valence-corrected chi connectivity index (χ3v) is 6.53. The first kappa shape index (κ1) is 24.9. The molecule has 0 aliphatic carbocycles. The minimum atomic E-state index is -4.38. The Morgan fingerprint density at radius 3 is 2.21 bits per heavy atom. The summed E-state index contributed by atoms with van der Waals surface area (Å²) in [5.74, 6) is -0.679. The van der Waals surface area contributed by atoms with Crippen molar-refractivity contribution in [2.45, 2.75) is 44.9 Å². The number of halogens is 4. The number of benzene rings is 2. The summed E-state index contributed by atoms with van der Waals surface area (Å²) in [5, 5.41) is 6.88. The van der Waals surface area contributed by atoms with E-state index in [1.54, 1.807) is 12.1 Å². The number of likely N-dealkylation sites (N-methyl/N-ethyl adjacent to an activating group) is 1. The van der Waals surface area contributed by atoms with E-state index in [1.807, 2.05) is 13.8 Å². The number of aromatic nitrogens is 1. The van der Waals surface area contributed by atoms with Gasteiger partial charge in [-0.3, -0.25) is 10.1 Å². The molecule has 0 saturated heterocycles. The van der Waals surface area contributed by atoms with E-state index in [9.17, 15) is 22.4 Å². The van der Waals surface area contributed by atoms with E-state index in [0.717, 1.165) is 33.3 Å². The van der Waals surface area contributed by atoms with E-state index in [4.69, 9.17) is 0 Å². The number of hydrogen-bond acceptors (Lipinski definition) is 4. The molecule has 0 aliphatic rings. The highest BCUT2D eigenvalue weighted by Gasteiger charge is 2.30. The van der Waals surface area contributed by atoms with Gasteiger partial charge in [-0.05, 0) is 62.1 Å². The standard InChI is InChI=1S/C24H25F4N3OS/c1-14-22(33-15(2)30-14)20(13-6-16-4-9-18(10-5-16)24(26,27)28)31-21(23(32)29-3)17-7-11-19(25)12-8-17/h4-5,7-12,20-21,31H,6,13H2,1-3H3,(H,29,32)/t20-,21+/m1/s1. The molecule has 0 radical (unpaired) electrons. The molecule has 0 saturated carbocycles. The van der Waals surface area contributed by atoms with E-state index < -0.39 is 23.6 Å². The number of rotatable bonds is 8. The van der Waals surface area contributed by atoms with Gasteiger partial charge in [-0.15, -0.1) is 11.3 Å². The maximum atomic E-state index is 13.4. The molecule has 2 aromatic carbocycles. The number of nitrogens with one attached hydrogen (secondary N) is 2. The average Bonchev–Trinajstić information content (AvgIpc) is 3.11. The number of alkyl halides is 3. The third-order valence-electron chi connectivity index (χ3n) is 5.34. The van der Waals surface area contributed by atoms with Crippen LogP contribution >= 0.6 is 11.3 Å². The molecule has 33 heavy (non-hydrogen) atoms. The fraction of sp³-hybridized carbons (Fsp3) is 0.333. The molecule has 3 aromatic rings. The number of carbonyl (C=O) groups excluding carboxylic acids is 1. The predicted molar refractivity (Wildman–Crippen MR) is 120 cm³/mol. The van der Waals surface area contributed by atoms with Crippen molar-refractivity contribution in [3.63, 3.8) is 0 Å². The molecule has 2 N–H and O–H groups in total. The van der Waals surface area contributed by atoms with Gasteiger partial charge in [-0.25, -0.2) is 9.37 Å². The Labute approximate surface area is 194 Å². The lowest BCUT2D eigenvalue weighted by Gasteiger charge is -2.25. The van der Waals surface area contributed by atoms with E-state index in [-0.39, 0.29) is 11.9 Å². The summed E-state index contributed by atoms with van der Waals surface area (Å²) in [6.45, 7) is 3.78. The minimum absolute atomic E-state index is 0.278. The Hall–Kier alpha value is -2.78. The fourth-order valence-electron chi connectivity index (χ4n) is 3.66. The first-order valence-corrected chi connectivity index (χ1v) is 11.2. The van der Waals surface area contributed by atoms with Gasteiger partial charge in [0.25, 0.3) is 0 Å². The summed E-state index contributed by atoms with van der Waals surface area (Å²) in [5.41, 5.74) is 1.50. The molecule has 9 heteroatoms. The molecule has 1 heterocycles. The molecular formula is C24H25F4N3OS.